The topological polar surface area (TPSA) is 26.0 Å². The molecule has 0 unspecified atom stereocenters. The molecule has 0 amide bonds. The molecule has 2 N–H and O–H groups in total. The van der Waals surface area contributed by atoms with Crippen LogP contribution in [0.25, 0.3) is 0 Å². The van der Waals surface area contributed by atoms with E-state index >= 15 is 0 Å². The number of benzene rings is 1. The van der Waals surface area contributed by atoms with Crippen molar-refractivity contribution in [3.8, 4) is 0 Å². The van der Waals surface area contributed by atoms with Crippen LogP contribution in [0.2, 0.25) is 0 Å². The summed E-state index contributed by atoms with van der Waals surface area (Å²) in [4.78, 5) is 0.337. The summed E-state index contributed by atoms with van der Waals surface area (Å²) < 4.78 is 26.3. The Hall–Kier alpha value is -0.610. The summed E-state index contributed by atoms with van der Waals surface area (Å²) in [6.45, 7) is 0.328. The van der Waals surface area contributed by atoms with E-state index in [0.29, 0.717) is 23.4 Å². The van der Waals surface area contributed by atoms with Gasteiger partial charge in [-0.15, -0.1) is 11.8 Å². The molecule has 0 saturated carbocycles. The summed E-state index contributed by atoms with van der Waals surface area (Å²) in [6.07, 6.45) is 2.08. The first-order valence-electron chi connectivity index (χ1n) is 3.91. The van der Waals surface area contributed by atoms with Gasteiger partial charge in [0.15, 0.2) is 0 Å². The fraction of sp³-hybridized carbons (Fsp3) is 0.333. The van der Waals surface area contributed by atoms with E-state index in [4.69, 9.17) is 5.73 Å². The van der Waals surface area contributed by atoms with Crippen molar-refractivity contribution in [1.29, 1.82) is 0 Å². The highest BCUT2D eigenvalue weighted by Gasteiger charge is 2.09. The molecule has 4 heteroatoms. The zero-order valence-corrected chi connectivity index (χ0v) is 8.13. The van der Waals surface area contributed by atoms with Gasteiger partial charge in [-0.1, -0.05) is 0 Å². The second-order valence-corrected chi connectivity index (χ2v) is 3.47. The average molecular weight is 203 g/mol. The highest BCUT2D eigenvalue weighted by molar-refractivity contribution is 7.98. The van der Waals surface area contributed by atoms with Crippen molar-refractivity contribution in [3.63, 3.8) is 0 Å². The zero-order valence-electron chi connectivity index (χ0n) is 7.31. The fourth-order valence-electron chi connectivity index (χ4n) is 1.10. The second kappa shape index (κ2) is 4.58. The van der Waals surface area contributed by atoms with E-state index in [2.05, 4.69) is 0 Å². The first-order chi connectivity index (χ1) is 6.19. The molecule has 0 aromatic heterocycles. The first kappa shape index (κ1) is 10.5. The van der Waals surface area contributed by atoms with Crippen LogP contribution in [-0.2, 0) is 6.42 Å². The molecule has 0 bridgehead atoms. The van der Waals surface area contributed by atoms with E-state index in [1.165, 1.54) is 23.9 Å². The van der Waals surface area contributed by atoms with Gasteiger partial charge in [-0.2, -0.15) is 0 Å². The van der Waals surface area contributed by atoms with Crippen molar-refractivity contribution in [2.24, 2.45) is 5.73 Å². The summed E-state index contributed by atoms with van der Waals surface area (Å²) in [5.74, 6) is -0.756. The van der Waals surface area contributed by atoms with Gasteiger partial charge in [0.2, 0.25) is 0 Å². The smallest absolute Gasteiger partial charge is 0.140 e. The molecular formula is C9H11F2NS. The third-order valence-corrected chi connectivity index (χ3v) is 2.45. The standard InChI is InChI=1S/C9H11F2NS/c1-13-8-5-7(10)4-6(2-3-12)9(8)11/h4-5H,2-3,12H2,1H3. The molecule has 13 heavy (non-hydrogen) atoms. The lowest BCUT2D eigenvalue weighted by molar-refractivity contribution is 0.561. The maximum atomic E-state index is 13.4. The van der Waals surface area contributed by atoms with Gasteiger partial charge in [0.25, 0.3) is 0 Å². The van der Waals surface area contributed by atoms with Gasteiger partial charge in [-0.3, -0.25) is 0 Å². The fourth-order valence-corrected chi connectivity index (χ4v) is 1.65. The third-order valence-electron chi connectivity index (χ3n) is 1.71. The van der Waals surface area contributed by atoms with Crippen molar-refractivity contribution < 1.29 is 8.78 Å². The Bertz CT molecular complexity index is 302. The quantitative estimate of drug-likeness (QED) is 0.762. The van der Waals surface area contributed by atoms with Crippen molar-refractivity contribution in [2.75, 3.05) is 12.8 Å². The van der Waals surface area contributed by atoms with Crippen LogP contribution >= 0.6 is 11.8 Å². The predicted molar refractivity (Wildman–Crippen MR) is 50.9 cm³/mol. The monoisotopic (exact) mass is 203 g/mol. The zero-order chi connectivity index (χ0) is 9.84. The Morgan fingerprint density at radius 1 is 1.38 bits per heavy atom. The molecule has 1 rings (SSSR count). The minimum absolute atomic E-state index is 0.328. The van der Waals surface area contributed by atoms with Gasteiger partial charge in [0.05, 0.1) is 0 Å². The highest BCUT2D eigenvalue weighted by atomic mass is 32.2. The molecule has 1 nitrogen and oxygen atoms in total. The Morgan fingerprint density at radius 3 is 2.62 bits per heavy atom. The minimum atomic E-state index is -0.408. The summed E-state index contributed by atoms with van der Waals surface area (Å²) in [5, 5.41) is 0. The first-order valence-corrected chi connectivity index (χ1v) is 5.13. The molecular weight excluding hydrogens is 192 g/mol. The van der Waals surface area contributed by atoms with Gasteiger partial charge in [0, 0.05) is 4.90 Å². The van der Waals surface area contributed by atoms with Crippen molar-refractivity contribution in [2.45, 2.75) is 11.3 Å². The maximum Gasteiger partial charge on any atom is 0.140 e. The van der Waals surface area contributed by atoms with Gasteiger partial charge >= 0.3 is 0 Å². The SMILES string of the molecule is CSc1cc(F)cc(CCN)c1F. The Kier molecular flexibility index (Phi) is 3.69. The molecule has 0 aliphatic carbocycles. The van der Waals surface area contributed by atoms with Gasteiger partial charge < -0.3 is 5.73 Å². The van der Waals surface area contributed by atoms with Crippen LogP contribution in [0.15, 0.2) is 17.0 Å². The molecule has 1 aromatic carbocycles. The van der Waals surface area contributed by atoms with E-state index in [1.807, 2.05) is 0 Å². The number of hydrogen-bond donors (Lipinski definition) is 1. The van der Waals surface area contributed by atoms with Crippen LogP contribution < -0.4 is 5.73 Å². The molecule has 0 saturated heterocycles. The summed E-state index contributed by atoms with van der Waals surface area (Å²) >= 11 is 1.19. The van der Waals surface area contributed by atoms with Crippen LogP contribution in [-0.4, -0.2) is 12.8 Å². The van der Waals surface area contributed by atoms with Crippen LogP contribution in [0, 0.1) is 11.6 Å². The lowest BCUT2D eigenvalue weighted by Crippen LogP contribution is -2.05. The summed E-state index contributed by atoms with van der Waals surface area (Å²) in [5.41, 5.74) is 5.63. The van der Waals surface area contributed by atoms with Crippen molar-refractivity contribution in [3.05, 3.63) is 29.3 Å². The second-order valence-electron chi connectivity index (χ2n) is 2.62. The van der Waals surface area contributed by atoms with Gasteiger partial charge in [0.1, 0.15) is 11.6 Å². The molecule has 1 aromatic rings. The molecule has 0 heterocycles. The molecule has 0 spiro atoms. The van der Waals surface area contributed by atoms with Gasteiger partial charge in [-0.25, -0.2) is 8.78 Å². The number of hydrogen-bond acceptors (Lipinski definition) is 2. The summed E-state index contributed by atoms with van der Waals surface area (Å²) in [6, 6.07) is 2.39. The maximum absolute atomic E-state index is 13.4. The molecule has 0 aliphatic rings. The largest absolute Gasteiger partial charge is 0.330 e. The Labute approximate surface area is 80.3 Å². The van der Waals surface area contributed by atoms with Crippen LogP contribution in [0.4, 0.5) is 8.78 Å². The number of rotatable bonds is 3. The molecule has 0 aliphatic heterocycles. The third kappa shape index (κ3) is 2.42. The molecule has 0 atom stereocenters. The van der Waals surface area contributed by atoms with E-state index < -0.39 is 5.82 Å². The predicted octanol–water partition coefficient (Wildman–Crippen LogP) is 2.19. The lowest BCUT2D eigenvalue weighted by atomic mass is 10.1. The van der Waals surface area contributed by atoms with Crippen molar-refractivity contribution >= 4 is 11.8 Å². The van der Waals surface area contributed by atoms with Crippen LogP contribution in [0.5, 0.6) is 0 Å². The Balaban J connectivity index is 3.11. The average Bonchev–Trinajstić information content (AvgIpc) is 2.11. The lowest BCUT2D eigenvalue weighted by Gasteiger charge is -2.05. The van der Waals surface area contributed by atoms with E-state index in [9.17, 15) is 8.78 Å². The molecule has 0 fully saturated rings. The van der Waals surface area contributed by atoms with Gasteiger partial charge in [-0.05, 0) is 36.9 Å². The van der Waals surface area contributed by atoms with Crippen molar-refractivity contribution in [1.82, 2.24) is 0 Å². The Morgan fingerprint density at radius 2 is 2.08 bits per heavy atom. The van der Waals surface area contributed by atoms with Crippen LogP contribution in [0.3, 0.4) is 0 Å². The minimum Gasteiger partial charge on any atom is -0.330 e. The van der Waals surface area contributed by atoms with E-state index in [0.717, 1.165) is 0 Å². The summed E-state index contributed by atoms with van der Waals surface area (Å²) in [7, 11) is 0. The highest BCUT2D eigenvalue weighted by Crippen LogP contribution is 2.23. The number of thioether (sulfide) groups is 1. The number of nitrogens with two attached hydrogens (primary N) is 1. The number of halogens is 2. The molecule has 72 valence electrons. The van der Waals surface area contributed by atoms with E-state index in [1.54, 1.807) is 6.26 Å². The molecule has 0 radical (unpaired) electrons. The van der Waals surface area contributed by atoms with Crippen LogP contribution in [0.1, 0.15) is 5.56 Å². The normalized spacial score (nSPS) is 10.5. The van der Waals surface area contributed by atoms with E-state index in [-0.39, 0.29) is 5.82 Å².